The maximum atomic E-state index is 12.7. The predicted molar refractivity (Wildman–Crippen MR) is 43.7 cm³/mol. The van der Waals surface area contributed by atoms with Gasteiger partial charge in [-0.2, -0.15) is 0 Å². The zero-order chi connectivity index (χ0) is 8.72. The Labute approximate surface area is 72.9 Å². The molecule has 0 unspecified atom stereocenters. The van der Waals surface area contributed by atoms with E-state index in [1.54, 1.807) is 6.92 Å². The molecule has 0 atom stereocenters. The fourth-order valence-electron chi connectivity index (χ4n) is 1.14. The molecular weight excluding hydrogens is 181 g/mol. The minimum atomic E-state index is -0.413. The van der Waals surface area contributed by atoms with Crippen molar-refractivity contribution in [3.05, 3.63) is 28.7 Å². The second-order valence-electron chi connectivity index (χ2n) is 2.53. The molecule has 0 saturated heterocycles. The van der Waals surface area contributed by atoms with Crippen LogP contribution in [0.4, 0.5) is 4.39 Å². The highest BCUT2D eigenvalue weighted by atomic mass is 35.5. The van der Waals surface area contributed by atoms with E-state index in [2.05, 4.69) is 5.16 Å². The van der Waals surface area contributed by atoms with E-state index in [0.717, 1.165) is 0 Å². The molecule has 1 heterocycles. The number of hydrogen-bond donors (Lipinski definition) is 0. The van der Waals surface area contributed by atoms with Crippen LogP contribution >= 0.6 is 11.6 Å². The van der Waals surface area contributed by atoms with Crippen LogP contribution in [0.3, 0.4) is 0 Å². The van der Waals surface area contributed by atoms with E-state index in [1.807, 2.05) is 0 Å². The summed E-state index contributed by atoms with van der Waals surface area (Å²) in [6.07, 6.45) is 0. The molecule has 0 N–H and O–H groups in total. The summed E-state index contributed by atoms with van der Waals surface area (Å²) in [6.45, 7) is 1.76. The Kier molecular flexibility index (Phi) is 1.54. The van der Waals surface area contributed by atoms with Crippen molar-refractivity contribution < 1.29 is 8.91 Å². The van der Waals surface area contributed by atoms with Crippen LogP contribution in [-0.2, 0) is 0 Å². The summed E-state index contributed by atoms with van der Waals surface area (Å²) in [6, 6.07) is 2.51. The van der Waals surface area contributed by atoms with Crippen LogP contribution in [0.5, 0.6) is 0 Å². The Morgan fingerprint density at radius 2 is 2.25 bits per heavy atom. The van der Waals surface area contributed by atoms with E-state index in [1.165, 1.54) is 12.1 Å². The van der Waals surface area contributed by atoms with E-state index in [-0.39, 0.29) is 0 Å². The molecule has 0 aliphatic heterocycles. The van der Waals surface area contributed by atoms with Gasteiger partial charge in [-0.1, -0.05) is 16.8 Å². The SMILES string of the molecule is Cc1noc2cc(F)cc(Cl)c12. The van der Waals surface area contributed by atoms with Gasteiger partial charge in [0.15, 0.2) is 5.58 Å². The van der Waals surface area contributed by atoms with Crippen LogP contribution in [0.25, 0.3) is 11.0 Å². The third-order valence-corrected chi connectivity index (χ3v) is 1.96. The topological polar surface area (TPSA) is 26.0 Å². The first-order valence-corrected chi connectivity index (χ1v) is 3.77. The van der Waals surface area contributed by atoms with Gasteiger partial charge in [-0.15, -0.1) is 0 Å². The molecule has 0 radical (unpaired) electrons. The van der Waals surface area contributed by atoms with Gasteiger partial charge in [-0.25, -0.2) is 4.39 Å². The third-order valence-electron chi connectivity index (χ3n) is 1.66. The van der Waals surface area contributed by atoms with Gasteiger partial charge < -0.3 is 4.52 Å². The van der Waals surface area contributed by atoms with Crippen LogP contribution in [0.1, 0.15) is 5.69 Å². The molecule has 62 valence electrons. The normalized spacial score (nSPS) is 10.9. The second kappa shape index (κ2) is 2.45. The molecule has 0 aliphatic carbocycles. The van der Waals surface area contributed by atoms with Crippen molar-refractivity contribution in [1.82, 2.24) is 5.16 Å². The number of rotatable bonds is 0. The monoisotopic (exact) mass is 185 g/mol. The van der Waals surface area contributed by atoms with Gasteiger partial charge >= 0.3 is 0 Å². The molecule has 2 aromatic rings. The number of hydrogen-bond acceptors (Lipinski definition) is 2. The van der Waals surface area contributed by atoms with Crippen molar-refractivity contribution in [2.24, 2.45) is 0 Å². The van der Waals surface area contributed by atoms with Crippen LogP contribution < -0.4 is 0 Å². The zero-order valence-corrected chi connectivity index (χ0v) is 7.02. The highest BCUT2D eigenvalue weighted by Crippen LogP contribution is 2.27. The Hall–Kier alpha value is -1.09. The van der Waals surface area contributed by atoms with Crippen LogP contribution in [0.2, 0.25) is 5.02 Å². The Bertz CT molecular complexity index is 438. The molecule has 4 heteroatoms. The molecule has 0 saturated carbocycles. The molecular formula is C8H5ClFNO. The largest absolute Gasteiger partial charge is 0.356 e. The summed E-state index contributed by atoms with van der Waals surface area (Å²) < 4.78 is 17.6. The quantitative estimate of drug-likeness (QED) is 0.631. The number of aromatic nitrogens is 1. The van der Waals surface area contributed by atoms with E-state index < -0.39 is 5.82 Å². The summed E-state index contributed by atoms with van der Waals surface area (Å²) in [5.41, 5.74) is 1.06. The number of fused-ring (bicyclic) bond motifs is 1. The second-order valence-corrected chi connectivity index (χ2v) is 2.94. The average Bonchev–Trinajstić information content (AvgIpc) is 2.31. The van der Waals surface area contributed by atoms with E-state index in [0.29, 0.717) is 21.7 Å². The fourth-order valence-corrected chi connectivity index (χ4v) is 1.47. The van der Waals surface area contributed by atoms with Crippen molar-refractivity contribution in [2.45, 2.75) is 6.92 Å². The molecule has 0 amide bonds. The maximum Gasteiger partial charge on any atom is 0.171 e. The van der Waals surface area contributed by atoms with E-state index in [9.17, 15) is 4.39 Å². The van der Waals surface area contributed by atoms with Crippen molar-refractivity contribution >= 4 is 22.6 Å². The predicted octanol–water partition coefficient (Wildman–Crippen LogP) is 2.93. The van der Waals surface area contributed by atoms with Crippen molar-refractivity contribution in [1.29, 1.82) is 0 Å². The van der Waals surface area contributed by atoms with Crippen LogP contribution in [0.15, 0.2) is 16.7 Å². The number of benzene rings is 1. The Morgan fingerprint density at radius 3 is 3.00 bits per heavy atom. The van der Waals surface area contributed by atoms with Crippen molar-refractivity contribution in [3.63, 3.8) is 0 Å². The summed E-state index contributed by atoms with van der Waals surface area (Å²) in [5.74, 6) is -0.413. The number of nitrogens with zero attached hydrogens (tertiary/aromatic N) is 1. The molecule has 12 heavy (non-hydrogen) atoms. The lowest BCUT2D eigenvalue weighted by atomic mass is 10.2. The van der Waals surface area contributed by atoms with Gasteiger partial charge in [0.25, 0.3) is 0 Å². The third kappa shape index (κ3) is 0.975. The number of halogens is 2. The smallest absolute Gasteiger partial charge is 0.171 e. The lowest BCUT2D eigenvalue weighted by Crippen LogP contribution is -1.76. The van der Waals surface area contributed by atoms with Crippen molar-refractivity contribution in [3.8, 4) is 0 Å². The molecule has 1 aromatic carbocycles. The Morgan fingerprint density at radius 1 is 1.50 bits per heavy atom. The van der Waals surface area contributed by atoms with E-state index in [4.69, 9.17) is 16.1 Å². The van der Waals surface area contributed by atoms with Gasteiger partial charge in [0.05, 0.1) is 16.1 Å². The van der Waals surface area contributed by atoms with Gasteiger partial charge in [0, 0.05) is 6.07 Å². The fraction of sp³-hybridized carbons (Fsp3) is 0.125. The van der Waals surface area contributed by atoms with Crippen molar-refractivity contribution in [2.75, 3.05) is 0 Å². The average molecular weight is 186 g/mol. The Balaban J connectivity index is 2.93. The first-order valence-electron chi connectivity index (χ1n) is 3.39. The molecule has 0 bridgehead atoms. The minimum absolute atomic E-state index is 0.337. The van der Waals surface area contributed by atoms with Crippen LogP contribution in [-0.4, -0.2) is 5.16 Å². The first kappa shape index (κ1) is 7.55. The highest BCUT2D eigenvalue weighted by Gasteiger charge is 2.09. The summed E-state index contributed by atoms with van der Waals surface area (Å²) >= 11 is 5.77. The number of aryl methyl sites for hydroxylation is 1. The summed E-state index contributed by atoms with van der Waals surface area (Å²) in [7, 11) is 0. The molecule has 0 spiro atoms. The van der Waals surface area contributed by atoms with Gasteiger partial charge in [-0.05, 0) is 13.0 Å². The van der Waals surface area contributed by atoms with Crippen LogP contribution in [0, 0.1) is 12.7 Å². The lowest BCUT2D eigenvalue weighted by molar-refractivity contribution is 0.449. The van der Waals surface area contributed by atoms with E-state index >= 15 is 0 Å². The first-order chi connectivity index (χ1) is 5.68. The molecule has 0 fully saturated rings. The minimum Gasteiger partial charge on any atom is -0.356 e. The molecule has 2 rings (SSSR count). The molecule has 2 nitrogen and oxygen atoms in total. The van der Waals surface area contributed by atoms with Gasteiger partial charge in [0.1, 0.15) is 5.82 Å². The highest BCUT2D eigenvalue weighted by molar-refractivity contribution is 6.35. The zero-order valence-electron chi connectivity index (χ0n) is 6.27. The summed E-state index contributed by atoms with van der Waals surface area (Å²) in [4.78, 5) is 0. The summed E-state index contributed by atoms with van der Waals surface area (Å²) in [5, 5.41) is 4.69. The van der Waals surface area contributed by atoms with Gasteiger partial charge in [-0.3, -0.25) is 0 Å². The molecule has 1 aromatic heterocycles. The van der Waals surface area contributed by atoms with Gasteiger partial charge in [0.2, 0.25) is 0 Å². The lowest BCUT2D eigenvalue weighted by Gasteiger charge is -1.92. The molecule has 0 aliphatic rings. The maximum absolute atomic E-state index is 12.7. The standard InChI is InChI=1S/C8H5ClFNO/c1-4-8-6(9)2-5(10)3-7(8)12-11-4/h2-3H,1H3.